The third-order valence-electron chi connectivity index (χ3n) is 3.47. The van der Waals surface area contributed by atoms with Gasteiger partial charge >= 0.3 is 5.97 Å². The molecule has 0 aromatic heterocycles. The summed E-state index contributed by atoms with van der Waals surface area (Å²) in [5.74, 6) is -0.731. The van der Waals surface area contributed by atoms with E-state index in [4.69, 9.17) is 16.3 Å². The molecule has 0 spiro atoms. The summed E-state index contributed by atoms with van der Waals surface area (Å²) >= 11 is 5.93. The second-order valence-corrected chi connectivity index (χ2v) is 5.89. The van der Waals surface area contributed by atoms with Crippen molar-refractivity contribution in [2.24, 2.45) is 0 Å². The highest BCUT2D eigenvalue weighted by Crippen LogP contribution is 2.27. The summed E-state index contributed by atoms with van der Waals surface area (Å²) in [5, 5.41) is 15.5. The van der Waals surface area contributed by atoms with Crippen molar-refractivity contribution in [2.45, 2.75) is 38.6 Å². The van der Waals surface area contributed by atoms with E-state index < -0.39 is 11.5 Å². The Balaban J connectivity index is 2.57. The van der Waals surface area contributed by atoms with Crippen molar-refractivity contribution in [3.8, 4) is 5.75 Å². The van der Waals surface area contributed by atoms with Crippen LogP contribution in [0.5, 0.6) is 5.75 Å². The van der Waals surface area contributed by atoms with Crippen LogP contribution in [-0.4, -0.2) is 36.2 Å². The van der Waals surface area contributed by atoms with Gasteiger partial charge in [-0.25, -0.2) is 4.79 Å². The first-order valence-corrected chi connectivity index (χ1v) is 7.82. The van der Waals surface area contributed by atoms with Crippen molar-refractivity contribution >= 4 is 29.2 Å². The number of aliphatic carboxylic acids is 1. The predicted molar refractivity (Wildman–Crippen MR) is 90.2 cm³/mol. The Morgan fingerprint density at radius 2 is 2.09 bits per heavy atom. The number of carboxylic acid groups (broad SMARTS) is 1. The van der Waals surface area contributed by atoms with Crippen molar-refractivity contribution < 1.29 is 19.4 Å². The van der Waals surface area contributed by atoms with Crippen molar-refractivity contribution in [1.82, 2.24) is 5.32 Å². The summed E-state index contributed by atoms with van der Waals surface area (Å²) in [5.41, 5.74) is -0.554. The molecule has 1 rings (SSSR count). The standard InChI is InChI=1S/C16H23ClN2O4/c1-4-8-16(2,15(21)22)19-14(20)7-9-18-12-10-11(17)5-6-13(12)23-3/h5-6,10,18H,4,7-9H2,1-3H3,(H,19,20)(H,21,22). The van der Waals surface area contributed by atoms with Gasteiger partial charge in [0.05, 0.1) is 12.8 Å². The zero-order chi connectivity index (χ0) is 17.5. The van der Waals surface area contributed by atoms with Gasteiger partial charge in [0, 0.05) is 18.0 Å². The number of methoxy groups -OCH3 is 1. The van der Waals surface area contributed by atoms with Crippen LogP contribution in [0.3, 0.4) is 0 Å². The molecule has 0 aliphatic rings. The Morgan fingerprint density at radius 3 is 2.65 bits per heavy atom. The molecule has 0 radical (unpaired) electrons. The molecular formula is C16H23ClN2O4. The van der Waals surface area contributed by atoms with Crippen LogP contribution in [0.4, 0.5) is 5.69 Å². The molecule has 1 amide bonds. The highest BCUT2D eigenvalue weighted by molar-refractivity contribution is 6.30. The van der Waals surface area contributed by atoms with Gasteiger partial charge in [-0.2, -0.15) is 0 Å². The second-order valence-electron chi connectivity index (χ2n) is 5.46. The SMILES string of the molecule is CCCC(C)(NC(=O)CCNc1cc(Cl)ccc1OC)C(=O)O. The van der Waals surface area contributed by atoms with Crippen LogP contribution in [0, 0.1) is 0 Å². The Labute approximate surface area is 141 Å². The number of ether oxygens (including phenoxy) is 1. The van der Waals surface area contributed by atoms with Crippen LogP contribution >= 0.6 is 11.6 Å². The molecule has 0 saturated carbocycles. The maximum Gasteiger partial charge on any atom is 0.329 e. The molecule has 0 heterocycles. The van der Waals surface area contributed by atoms with E-state index in [-0.39, 0.29) is 12.3 Å². The lowest BCUT2D eigenvalue weighted by molar-refractivity contribution is -0.147. The summed E-state index contributed by atoms with van der Waals surface area (Å²) in [6.07, 6.45) is 1.19. The van der Waals surface area contributed by atoms with Crippen molar-refractivity contribution in [3.63, 3.8) is 0 Å². The molecule has 1 atom stereocenters. The number of hydrogen-bond donors (Lipinski definition) is 3. The van der Waals surface area contributed by atoms with Crippen molar-refractivity contribution in [2.75, 3.05) is 19.0 Å². The van der Waals surface area contributed by atoms with Gasteiger partial charge in [0.2, 0.25) is 5.91 Å². The van der Waals surface area contributed by atoms with Crippen molar-refractivity contribution in [3.05, 3.63) is 23.2 Å². The van der Waals surface area contributed by atoms with Crippen LogP contribution in [0.15, 0.2) is 18.2 Å². The summed E-state index contributed by atoms with van der Waals surface area (Å²) in [6, 6.07) is 5.14. The summed E-state index contributed by atoms with van der Waals surface area (Å²) in [7, 11) is 1.55. The molecule has 0 saturated heterocycles. The summed E-state index contributed by atoms with van der Waals surface area (Å²) in [6.45, 7) is 3.73. The van der Waals surface area contributed by atoms with E-state index in [9.17, 15) is 14.7 Å². The third-order valence-corrected chi connectivity index (χ3v) is 3.70. The molecule has 0 fully saturated rings. The molecule has 128 valence electrons. The zero-order valence-corrected chi connectivity index (χ0v) is 14.4. The summed E-state index contributed by atoms with van der Waals surface area (Å²) < 4.78 is 5.20. The quantitative estimate of drug-likeness (QED) is 0.642. The van der Waals surface area contributed by atoms with E-state index in [2.05, 4.69) is 10.6 Å². The molecular weight excluding hydrogens is 320 g/mol. The van der Waals surface area contributed by atoms with Gasteiger partial charge in [-0.3, -0.25) is 4.79 Å². The Bertz CT molecular complexity index is 565. The molecule has 1 aromatic rings. The molecule has 1 aromatic carbocycles. The largest absolute Gasteiger partial charge is 0.495 e. The molecule has 23 heavy (non-hydrogen) atoms. The minimum absolute atomic E-state index is 0.141. The fourth-order valence-corrected chi connectivity index (χ4v) is 2.39. The van der Waals surface area contributed by atoms with Crippen LogP contribution in [0.25, 0.3) is 0 Å². The number of rotatable bonds is 9. The molecule has 0 aliphatic carbocycles. The number of carbonyl (C=O) groups is 2. The van der Waals surface area contributed by atoms with Gasteiger partial charge in [-0.15, -0.1) is 0 Å². The van der Waals surface area contributed by atoms with E-state index in [1.54, 1.807) is 25.3 Å². The fourth-order valence-electron chi connectivity index (χ4n) is 2.22. The lowest BCUT2D eigenvalue weighted by atomic mass is 9.96. The minimum Gasteiger partial charge on any atom is -0.495 e. The number of benzene rings is 1. The minimum atomic E-state index is -1.24. The number of anilines is 1. The lowest BCUT2D eigenvalue weighted by Crippen LogP contribution is -2.52. The maximum atomic E-state index is 12.0. The van der Waals surface area contributed by atoms with E-state index in [0.29, 0.717) is 35.8 Å². The Kier molecular flexibility index (Phi) is 7.16. The van der Waals surface area contributed by atoms with Crippen LogP contribution in [-0.2, 0) is 9.59 Å². The first-order valence-electron chi connectivity index (χ1n) is 7.44. The van der Waals surface area contributed by atoms with Gasteiger partial charge in [-0.1, -0.05) is 24.9 Å². The van der Waals surface area contributed by atoms with Gasteiger partial charge < -0.3 is 20.5 Å². The van der Waals surface area contributed by atoms with E-state index in [1.807, 2.05) is 6.92 Å². The number of nitrogens with one attached hydrogen (secondary N) is 2. The van der Waals surface area contributed by atoms with Crippen LogP contribution in [0.1, 0.15) is 33.1 Å². The molecule has 3 N–H and O–H groups in total. The lowest BCUT2D eigenvalue weighted by Gasteiger charge is -2.25. The van der Waals surface area contributed by atoms with Gasteiger partial charge in [0.1, 0.15) is 11.3 Å². The third kappa shape index (κ3) is 5.63. The molecule has 1 unspecified atom stereocenters. The smallest absolute Gasteiger partial charge is 0.329 e. The van der Waals surface area contributed by atoms with Crippen LogP contribution in [0.2, 0.25) is 5.02 Å². The normalized spacial score (nSPS) is 13.0. The number of hydrogen-bond acceptors (Lipinski definition) is 4. The van der Waals surface area contributed by atoms with E-state index in [1.165, 1.54) is 6.92 Å². The Morgan fingerprint density at radius 1 is 1.39 bits per heavy atom. The fraction of sp³-hybridized carbons (Fsp3) is 0.500. The first-order chi connectivity index (χ1) is 10.8. The van der Waals surface area contributed by atoms with E-state index in [0.717, 1.165) is 0 Å². The Hall–Kier alpha value is -1.95. The molecule has 6 nitrogen and oxygen atoms in total. The molecule has 0 aliphatic heterocycles. The van der Waals surface area contributed by atoms with E-state index >= 15 is 0 Å². The second kappa shape index (κ2) is 8.62. The highest BCUT2D eigenvalue weighted by Gasteiger charge is 2.33. The topological polar surface area (TPSA) is 87.7 Å². The maximum absolute atomic E-state index is 12.0. The monoisotopic (exact) mass is 342 g/mol. The zero-order valence-electron chi connectivity index (χ0n) is 13.6. The predicted octanol–water partition coefficient (Wildman–Crippen LogP) is 2.91. The van der Waals surface area contributed by atoms with Crippen LogP contribution < -0.4 is 15.4 Å². The van der Waals surface area contributed by atoms with Gasteiger partial charge in [0.15, 0.2) is 0 Å². The van der Waals surface area contributed by atoms with Gasteiger partial charge in [0.25, 0.3) is 0 Å². The number of carbonyl (C=O) groups excluding carboxylic acids is 1. The molecule has 7 heteroatoms. The van der Waals surface area contributed by atoms with Crippen molar-refractivity contribution in [1.29, 1.82) is 0 Å². The number of amides is 1. The number of carboxylic acids is 1. The molecule has 0 bridgehead atoms. The number of halogens is 1. The average Bonchev–Trinajstić information content (AvgIpc) is 2.47. The van der Waals surface area contributed by atoms with Gasteiger partial charge in [-0.05, 0) is 31.5 Å². The summed E-state index contributed by atoms with van der Waals surface area (Å²) in [4.78, 5) is 23.3. The highest BCUT2D eigenvalue weighted by atomic mass is 35.5. The average molecular weight is 343 g/mol. The first kappa shape index (κ1) is 19.1.